The second kappa shape index (κ2) is 7.36. The van der Waals surface area contributed by atoms with Crippen LogP contribution >= 0.6 is 11.8 Å². The van der Waals surface area contributed by atoms with E-state index in [1.165, 1.54) is 11.8 Å². The quantitative estimate of drug-likeness (QED) is 0.352. The Kier molecular flexibility index (Phi) is 4.41. The van der Waals surface area contributed by atoms with E-state index in [2.05, 4.69) is 25.4 Å². The number of thioether (sulfide) groups is 1. The number of rotatable bonds is 5. The van der Waals surface area contributed by atoms with Crippen LogP contribution in [0.25, 0.3) is 16.6 Å². The van der Waals surface area contributed by atoms with E-state index in [1.54, 1.807) is 47.5 Å². The van der Waals surface area contributed by atoms with Gasteiger partial charge in [-0.25, -0.2) is 15.0 Å². The van der Waals surface area contributed by atoms with E-state index in [-0.39, 0.29) is 11.7 Å². The molecule has 5 rings (SSSR count). The van der Waals surface area contributed by atoms with Crippen molar-refractivity contribution in [2.24, 2.45) is 0 Å². The zero-order chi connectivity index (χ0) is 19.6. The van der Waals surface area contributed by atoms with Crippen molar-refractivity contribution in [2.45, 2.75) is 10.9 Å². The number of hydrogen-bond donors (Lipinski definition) is 1. The van der Waals surface area contributed by atoms with Crippen molar-refractivity contribution >= 4 is 40.1 Å². The van der Waals surface area contributed by atoms with Gasteiger partial charge >= 0.3 is 0 Å². The van der Waals surface area contributed by atoms with Crippen LogP contribution in [0.5, 0.6) is 0 Å². The van der Waals surface area contributed by atoms with Crippen molar-refractivity contribution in [2.75, 3.05) is 5.32 Å². The average molecular weight is 402 g/mol. The predicted molar refractivity (Wildman–Crippen MR) is 109 cm³/mol. The highest BCUT2D eigenvalue weighted by atomic mass is 32.2. The predicted octanol–water partition coefficient (Wildman–Crippen LogP) is 3.81. The number of furan rings is 1. The highest BCUT2D eigenvalue weighted by molar-refractivity contribution is 7.98. The number of hydrogen-bond acceptors (Lipinski definition) is 7. The van der Waals surface area contributed by atoms with E-state index in [0.717, 1.165) is 10.9 Å². The van der Waals surface area contributed by atoms with Gasteiger partial charge in [-0.3, -0.25) is 4.79 Å². The number of anilines is 1. The number of para-hydroxylation sites is 1. The maximum absolute atomic E-state index is 13.1. The Morgan fingerprint density at radius 3 is 2.76 bits per heavy atom. The number of carbonyl (C=O) groups is 1. The highest BCUT2D eigenvalue weighted by Gasteiger charge is 2.22. The van der Waals surface area contributed by atoms with Crippen LogP contribution in [-0.4, -0.2) is 30.5 Å². The van der Waals surface area contributed by atoms with Crippen LogP contribution < -0.4 is 5.32 Å². The molecule has 0 unspecified atom stereocenters. The molecule has 5 aromatic rings. The molecular formula is C20H14N6O2S. The Morgan fingerprint density at radius 1 is 1.00 bits per heavy atom. The number of amides is 1. The maximum atomic E-state index is 13.1. The molecule has 0 spiro atoms. The summed E-state index contributed by atoms with van der Waals surface area (Å²) in [5.74, 6) is 0.910. The zero-order valence-corrected chi connectivity index (χ0v) is 15.8. The van der Waals surface area contributed by atoms with Crippen LogP contribution in [0.15, 0.2) is 76.8 Å². The molecular weight excluding hydrogens is 388 g/mol. The van der Waals surface area contributed by atoms with Gasteiger partial charge in [0.15, 0.2) is 16.6 Å². The van der Waals surface area contributed by atoms with Crippen LogP contribution in [0, 0.1) is 0 Å². The molecule has 1 N–H and O–H groups in total. The molecule has 142 valence electrons. The summed E-state index contributed by atoms with van der Waals surface area (Å²) in [7, 11) is 0. The van der Waals surface area contributed by atoms with Gasteiger partial charge in [0.2, 0.25) is 0 Å². The number of aromatic nitrogens is 5. The third kappa shape index (κ3) is 3.32. The van der Waals surface area contributed by atoms with Crippen molar-refractivity contribution in [3.63, 3.8) is 0 Å². The lowest BCUT2D eigenvalue weighted by Crippen LogP contribution is -2.15. The molecule has 8 nitrogen and oxygen atoms in total. The van der Waals surface area contributed by atoms with Gasteiger partial charge in [-0.15, -0.1) is 0 Å². The monoisotopic (exact) mass is 402 g/mol. The normalized spacial score (nSPS) is 11.2. The molecule has 1 aromatic carbocycles. The van der Waals surface area contributed by atoms with Crippen molar-refractivity contribution in [3.8, 4) is 0 Å². The minimum Gasteiger partial charge on any atom is -0.451 e. The number of benzene rings is 1. The van der Waals surface area contributed by atoms with Gasteiger partial charge in [0.25, 0.3) is 5.91 Å². The van der Waals surface area contributed by atoms with Crippen LogP contribution in [0.2, 0.25) is 0 Å². The smallest absolute Gasteiger partial charge is 0.292 e. The summed E-state index contributed by atoms with van der Waals surface area (Å²) in [5, 5.41) is 8.59. The van der Waals surface area contributed by atoms with Crippen molar-refractivity contribution < 1.29 is 9.21 Å². The van der Waals surface area contributed by atoms with Gasteiger partial charge in [0, 0.05) is 41.4 Å². The number of carbonyl (C=O) groups excluding carboxylic acids is 1. The standard InChI is InChI=1S/C20H14N6O2S/c27-19(25-17-6-10-21-16-7-11-24-26(16)17)18-14(12-29-20-22-8-3-9-23-20)13-4-1-2-5-15(13)28-18/h1-11H,12H2,(H,25,27). The van der Waals surface area contributed by atoms with E-state index in [1.807, 2.05) is 24.3 Å². The fraction of sp³-hybridized carbons (Fsp3) is 0.0500. The summed E-state index contributed by atoms with van der Waals surface area (Å²) < 4.78 is 7.47. The molecule has 0 aliphatic heterocycles. The summed E-state index contributed by atoms with van der Waals surface area (Å²) >= 11 is 1.45. The SMILES string of the molecule is O=C(Nc1ccnc2ccnn12)c1oc2ccccc2c1CSc1ncccn1. The Morgan fingerprint density at radius 2 is 1.86 bits per heavy atom. The summed E-state index contributed by atoms with van der Waals surface area (Å²) in [6.45, 7) is 0. The lowest BCUT2D eigenvalue weighted by molar-refractivity contribution is 0.0997. The summed E-state index contributed by atoms with van der Waals surface area (Å²) in [6.07, 6.45) is 6.63. The molecule has 0 bridgehead atoms. The first-order valence-electron chi connectivity index (χ1n) is 8.80. The number of nitrogens with one attached hydrogen (secondary N) is 1. The van der Waals surface area contributed by atoms with Gasteiger partial charge in [-0.05, 0) is 18.2 Å². The summed E-state index contributed by atoms with van der Waals surface area (Å²) in [5.41, 5.74) is 2.09. The molecule has 0 saturated heterocycles. The van der Waals surface area contributed by atoms with E-state index in [9.17, 15) is 4.79 Å². The van der Waals surface area contributed by atoms with E-state index < -0.39 is 0 Å². The molecule has 0 saturated carbocycles. The van der Waals surface area contributed by atoms with Crippen LogP contribution in [0.4, 0.5) is 5.82 Å². The second-order valence-electron chi connectivity index (χ2n) is 6.11. The first kappa shape index (κ1) is 17.4. The number of fused-ring (bicyclic) bond motifs is 2. The van der Waals surface area contributed by atoms with Gasteiger partial charge in [0.05, 0.1) is 6.20 Å². The van der Waals surface area contributed by atoms with Gasteiger partial charge in [-0.1, -0.05) is 30.0 Å². The van der Waals surface area contributed by atoms with Crippen LogP contribution in [0.3, 0.4) is 0 Å². The third-order valence-electron chi connectivity index (χ3n) is 4.32. The molecule has 9 heteroatoms. The zero-order valence-electron chi connectivity index (χ0n) is 15.0. The molecule has 0 radical (unpaired) electrons. The largest absolute Gasteiger partial charge is 0.451 e. The number of nitrogens with zero attached hydrogens (tertiary/aromatic N) is 5. The lowest BCUT2D eigenvalue weighted by atomic mass is 10.1. The maximum Gasteiger partial charge on any atom is 0.292 e. The van der Waals surface area contributed by atoms with Gasteiger partial charge in [-0.2, -0.15) is 9.61 Å². The molecule has 4 aromatic heterocycles. The molecule has 4 heterocycles. The van der Waals surface area contributed by atoms with Crippen LogP contribution in [-0.2, 0) is 5.75 Å². The molecule has 0 atom stereocenters. The third-order valence-corrected chi connectivity index (χ3v) is 5.23. The van der Waals surface area contributed by atoms with Gasteiger partial charge in [0.1, 0.15) is 11.4 Å². The van der Waals surface area contributed by atoms with E-state index >= 15 is 0 Å². The Hall–Kier alpha value is -3.72. The first-order chi connectivity index (χ1) is 14.3. The van der Waals surface area contributed by atoms with Crippen molar-refractivity contribution in [1.82, 2.24) is 24.6 Å². The van der Waals surface area contributed by atoms with Crippen molar-refractivity contribution in [3.05, 3.63) is 78.6 Å². The molecule has 0 aliphatic carbocycles. The lowest BCUT2D eigenvalue weighted by Gasteiger charge is -2.07. The minimum absolute atomic E-state index is 0.256. The van der Waals surface area contributed by atoms with E-state index in [0.29, 0.717) is 28.0 Å². The van der Waals surface area contributed by atoms with Crippen molar-refractivity contribution in [1.29, 1.82) is 0 Å². The average Bonchev–Trinajstić information content (AvgIpc) is 3.38. The fourth-order valence-corrected chi connectivity index (χ4v) is 3.86. The summed E-state index contributed by atoms with van der Waals surface area (Å²) in [6, 6.07) is 12.8. The fourth-order valence-electron chi connectivity index (χ4n) is 3.02. The molecule has 29 heavy (non-hydrogen) atoms. The minimum atomic E-state index is -0.353. The Balaban J connectivity index is 1.50. The summed E-state index contributed by atoms with van der Waals surface area (Å²) in [4.78, 5) is 25.7. The second-order valence-corrected chi connectivity index (χ2v) is 7.05. The Bertz CT molecular complexity index is 1310. The Labute approximate surface area is 169 Å². The van der Waals surface area contributed by atoms with E-state index in [4.69, 9.17) is 4.42 Å². The van der Waals surface area contributed by atoms with Crippen LogP contribution in [0.1, 0.15) is 16.1 Å². The highest BCUT2D eigenvalue weighted by Crippen LogP contribution is 2.31. The molecule has 0 aliphatic rings. The van der Waals surface area contributed by atoms with Gasteiger partial charge < -0.3 is 9.73 Å². The molecule has 0 fully saturated rings. The molecule has 1 amide bonds. The topological polar surface area (TPSA) is 98.2 Å². The first-order valence-corrected chi connectivity index (χ1v) is 9.78.